The van der Waals surface area contributed by atoms with Crippen LogP contribution in [-0.4, -0.2) is 31.3 Å². The summed E-state index contributed by atoms with van der Waals surface area (Å²) in [6.45, 7) is 1.11. The number of amides is 1. The van der Waals surface area contributed by atoms with Gasteiger partial charge in [0.2, 0.25) is 5.91 Å². The average Bonchev–Trinajstić information content (AvgIpc) is 2.52. The van der Waals surface area contributed by atoms with Crippen molar-refractivity contribution in [3.8, 4) is 0 Å². The molecular weight excluding hydrogens is 295 g/mol. The molecule has 2 atom stereocenters. The summed E-state index contributed by atoms with van der Waals surface area (Å²) in [5, 5.41) is 0. The van der Waals surface area contributed by atoms with E-state index >= 15 is 0 Å². The van der Waals surface area contributed by atoms with Gasteiger partial charge in [0, 0.05) is 18.2 Å². The van der Waals surface area contributed by atoms with Crippen molar-refractivity contribution in [2.24, 2.45) is 5.92 Å². The van der Waals surface area contributed by atoms with Gasteiger partial charge < -0.3 is 9.64 Å². The van der Waals surface area contributed by atoms with Crippen LogP contribution in [-0.2, 0) is 9.53 Å². The molecule has 1 aliphatic heterocycles. The van der Waals surface area contributed by atoms with Gasteiger partial charge in [-0.05, 0) is 31.4 Å². The Bertz CT molecular complexity index is 490. The van der Waals surface area contributed by atoms with Gasteiger partial charge in [0.1, 0.15) is 6.54 Å². The summed E-state index contributed by atoms with van der Waals surface area (Å²) in [5.41, 5.74) is 0.282. The number of ether oxygens (including phenoxy) is 1. The molecule has 1 aliphatic rings. The lowest BCUT2D eigenvalue weighted by Crippen LogP contribution is -2.44. The zero-order chi connectivity index (χ0) is 16.2. The molecule has 1 fully saturated rings. The SMILES string of the molecule is CC[C@H]1C[C@@H](C(=O)N(CC(F)(F)F)c2ccccc2)CCO1. The Hall–Kier alpha value is -1.56. The number of hydrogen-bond donors (Lipinski definition) is 0. The van der Waals surface area contributed by atoms with Gasteiger partial charge in [-0.25, -0.2) is 0 Å². The number of nitrogens with zero attached hydrogens (tertiary/aromatic N) is 1. The van der Waals surface area contributed by atoms with Crippen LogP contribution in [0.5, 0.6) is 0 Å². The van der Waals surface area contributed by atoms with Crippen LogP contribution in [0.15, 0.2) is 30.3 Å². The Morgan fingerprint density at radius 3 is 2.59 bits per heavy atom. The maximum absolute atomic E-state index is 12.8. The number of alkyl halides is 3. The normalized spacial score (nSPS) is 22.4. The average molecular weight is 315 g/mol. The summed E-state index contributed by atoms with van der Waals surface area (Å²) < 4.78 is 44.0. The molecular formula is C16H20F3NO2. The first kappa shape index (κ1) is 16.8. The highest BCUT2D eigenvalue weighted by atomic mass is 19.4. The van der Waals surface area contributed by atoms with Crippen LogP contribution in [0.1, 0.15) is 26.2 Å². The van der Waals surface area contributed by atoms with E-state index in [-0.39, 0.29) is 11.8 Å². The van der Waals surface area contributed by atoms with Crippen LogP contribution in [0.25, 0.3) is 0 Å². The Balaban J connectivity index is 2.19. The Labute approximate surface area is 128 Å². The van der Waals surface area contributed by atoms with E-state index in [1.807, 2.05) is 6.92 Å². The molecule has 1 amide bonds. The van der Waals surface area contributed by atoms with Crippen molar-refractivity contribution >= 4 is 11.6 Å². The van der Waals surface area contributed by atoms with Gasteiger partial charge in [-0.1, -0.05) is 25.1 Å². The largest absolute Gasteiger partial charge is 0.406 e. The van der Waals surface area contributed by atoms with E-state index in [1.54, 1.807) is 18.2 Å². The summed E-state index contributed by atoms with van der Waals surface area (Å²) >= 11 is 0. The monoisotopic (exact) mass is 315 g/mol. The second-order valence-corrected chi connectivity index (χ2v) is 5.50. The molecule has 0 aliphatic carbocycles. The molecule has 0 radical (unpaired) electrons. The van der Waals surface area contributed by atoms with Crippen LogP contribution in [0.4, 0.5) is 18.9 Å². The van der Waals surface area contributed by atoms with E-state index in [1.165, 1.54) is 12.1 Å². The number of carbonyl (C=O) groups is 1. The molecule has 1 heterocycles. The van der Waals surface area contributed by atoms with Crippen molar-refractivity contribution in [2.45, 2.75) is 38.5 Å². The molecule has 1 aromatic rings. The maximum atomic E-state index is 12.8. The van der Waals surface area contributed by atoms with Gasteiger partial charge in [-0.15, -0.1) is 0 Å². The Kier molecular flexibility index (Phi) is 5.45. The van der Waals surface area contributed by atoms with Crippen molar-refractivity contribution in [3.63, 3.8) is 0 Å². The van der Waals surface area contributed by atoms with Crippen molar-refractivity contribution in [1.82, 2.24) is 0 Å². The van der Waals surface area contributed by atoms with Crippen LogP contribution in [0.2, 0.25) is 0 Å². The van der Waals surface area contributed by atoms with Crippen LogP contribution in [0, 0.1) is 5.92 Å². The third-order valence-electron chi connectivity index (χ3n) is 3.84. The lowest BCUT2D eigenvalue weighted by Gasteiger charge is -2.33. The van der Waals surface area contributed by atoms with Gasteiger partial charge >= 0.3 is 6.18 Å². The molecule has 0 N–H and O–H groups in total. The van der Waals surface area contributed by atoms with Crippen molar-refractivity contribution in [2.75, 3.05) is 18.1 Å². The standard InChI is InChI=1S/C16H20F3NO2/c1-2-14-10-12(8-9-22-14)15(21)20(11-16(17,18)19)13-6-4-3-5-7-13/h3-7,12,14H,2,8-11H2,1H3/t12-,14-/m0/s1. The third kappa shape index (κ3) is 4.47. The quantitative estimate of drug-likeness (QED) is 0.846. The first-order valence-corrected chi connectivity index (χ1v) is 7.45. The highest BCUT2D eigenvalue weighted by molar-refractivity contribution is 5.95. The molecule has 122 valence electrons. The predicted molar refractivity (Wildman–Crippen MR) is 77.6 cm³/mol. The summed E-state index contributed by atoms with van der Waals surface area (Å²) in [7, 11) is 0. The third-order valence-corrected chi connectivity index (χ3v) is 3.84. The molecule has 3 nitrogen and oxygen atoms in total. The predicted octanol–water partition coefficient (Wildman–Crippen LogP) is 3.79. The molecule has 0 bridgehead atoms. The summed E-state index contributed by atoms with van der Waals surface area (Å²) in [4.78, 5) is 13.5. The second kappa shape index (κ2) is 7.13. The van der Waals surface area contributed by atoms with E-state index in [0.29, 0.717) is 19.4 Å². The minimum Gasteiger partial charge on any atom is -0.378 e. The van der Waals surface area contributed by atoms with Gasteiger partial charge in [0.05, 0.1) is 6.10 Å². The fraction of sp³-hybridized carbons (Fsp3) is 0.562. The molecule has 22 heavy (non-hydrogen) atoms. The van der Waals surface area contributed by atoms with Gasteiger partial charge in [-0.3, -0.25) is 4.79 Å². The lowest BCUT2D eigenvalue weighted by atomic mass is 9.92. The zero-order valence-corrected chi connectivity index (χ0v) is 12.5. The number of carbonyl (C=O) groups excluding carboxylic acids is 1. The smallest absolute Gasteiger partial charge is 0.378 e. The molecule has 0 saturated carbocycles. The van der Waals surface area contributed by atoms with E-state index in [0.717, 1.165) is 11.3 Å². The van der Waals surface area contributed by atoms with Crippen molar-refractivity contribution in [3.05, 3.63) is 30.3 Å². The molecule has 1 saturated heterocycles. The first-order chi connectivity index (χ1) is 10.4. The molecule has 0 unspecified atom stereocenters. The lowest BCUT2D eigenvalue weighted by molar-refractivity contribution is -0.138. The summed E-state index contributed by atoms with van der Waals surface area (Å²) in [5.74, 6) is -0.883. The number of halogens is 3. The van der Waals surface area contributed by atoms with Crippen LogP contribution in [0.3, 0.4) is 0 Å². The molecule has 2 rings (SSSR count). The number of anilines is 1. The van der Waals surface area contributed by atoms with Crippen LogP contribution >= 0.6 is 0 Å². The second-order valence-electron chi connectivity index (χ2n) is 5.50. The number of rotatable bonds is 4. The van der Waals surface area contributed by atoms with Gasteiger partial charge in [0.15, 0.2) is 0 Å². The topological polar surface area (TPSA) is 29.5 Å². The number of para-hydroxylation sites is 1. The van der Waals surface area contributed by atoms with E-state index in [4.69, 9.17) is 4.74 Å². The van der Waals surface area contributed by atoms with Gasteiger partial charge in [-0.2, -0.15) is 13.2 Å². The zero-order valence-electron chi connectivity index (χ0n) is 12.5. The first-order valence-electron chi connectivity index (χ1n) is 7.45. The van der Waals surface area contributed by atoms with Gasteiger partial charge in [0.25, 0.3) is 0 Å². The highest BCUT2D eigenvalue weighted by Gasteiger charge is 2.37. The minimum atomic E-state index is -4.43. The van der Waals surface area contributed by atoms with Crippen molar-refractivity contribution in [1.29, 1.82) is 0 Å². The van der Waals surface area contributed by atoms with E-state index in [9.17, 15) is 18.0 Å². The Morgan fingerprint density at radius 1 is 1.32 bits per heavy atom. The summed E-state index contributed by atoms with van der Waals surface area (Å²) in [6, 6.07) is 8.03. The maximum Gasteiger partial charge on any atom is 0.406 e. The molecule has 1 aromatic carbocycles. The fourth-order valence-corrected chi connectivity index (χ4v) is 2.69. The molecule has 0 spiro atoms. The number of benzene rings is 1. The summed E-state index contributed by atoms with van der Waals surface area (Å²) in [6.07, 6.45) is -2.77. The fourth-order valence-electron chi connectivity index (χ4n) is 2.69. The number of hydrogen-bond acceptors (Lipinski definition) is 2. The van der Waals surface area contributed by atoms with E-state index < -0.39 is 24.5 Å². The van der Waals surface area contributed by atoms with E-state index in [2.05, 4.69) is 0 Å². The minimum absolute atomic E-state index is 0.0498. The van der Waals surface area contributed by atoms with Crippen molar-refractivity contribution < 1.29 is 22.7 Å². The highest BCUT2D eigenvalue weighted by Crippen LogP contribution is 2.29. The molecule has 6 heteroatoms. The Morgan fingerprint density at radius 2 is 2.00 bits per heavy atom. The molecule has 0 aromatic heterocycles. The van der Waals surface area contributed by atoms with Crippen LogP contribution < -0.4 is 4.90 Å².